The molecule has 0 bridgehead atoms. The van der Waals surface area contributed by atoms with Crippen LogP contribution in [0, 0.1) is 0 Å². The van der Waals surface area contributed by atoms with E-state index in [9.17, 15) is 13.2 Å². The van der Waals surface area contributed by atoms with Crippen molar-refractivity contribution in [3.8, 4) is 5.75 Å². The Morgan fingerprint density at radius 1 is 1.00 bits per heavy atom. The molecule has 2 rings (SSSR count). The molecule has 0 aliphatic rings. The Morgan fingerprint density at radius 3 is 2.13 bits per heavy atom. The van der Waals surface area contributed by atoms with Crippen LogP contribution in [0.5, 0.6) is 5.75 Å². The van der Waals surface area contributed by atoms with E-state index >= 15 is 0 Å². The number of nitrogens with zero attached hydrogens (tertiary/aromatic N) is 1. The van der Waals surface area contributed by atoms with Gasteiger partial charge in [0.25, 0.3) is 0 Å². The Hall–Kier alpha value is -2.87. The molecule has 0 saturated heterocycles. The van der Waals surface area contributed by atoms with E-state index < -0.39 is 16.3 Å². The summed E-state index contributed by atoms with van der Waals surface area (Å²) >= 11 is 0. The van der Waals surface area contributed by atoms with Crippen molar-refractivity contribution in [3.63, 3.8) is 0 Å². The first kappa shape index (κ1) is 16.5. The highest BCUT2D eigenvalue weighted by Gasteiger charge is 2.17. The number of hydrogen-bond acceptors (Lipinski definition) is 5. The lowest BCUT2D eigenvalue weighted by atomic mass is 10.2. The molecule has 0 unspecified atom stereocenters. The van der Waals surface area contributed by atoms with Gasteiger partial charge in [0.15, 0.2) is 0 Å². The fourth-order valence-corrected chi connectivity index (χ4v) is 2.32. The lowest BCUT2D eigenvalue weighted by Gasteiger charge is -2.07. The molecule has 1 N–H and O–H groups in total. The normalized spacial score (nSPS) is 11.6. The molecule has 23 heavy (non-hydrogen) atoms. The Morgan fingerprint density at radius 2 is 1.57 bits per heavy atom. The zero-order valence-electron chi connectivity index (χ0n) is 12.2. The van der Waals surface area contributed by atoms with E-state index in [0.717, 1.165) is 0 Å². The molecule has 0 saturated carbocycles. The van der Waals surface area contributed by atoms with Gasteiger partial charge >= 0.3 is 16.3 Å². The zero-order chi connectivity index (χ0) is 16.7. The number of para-hydroxylation sites is 1. The summed E-state index contributed by atoms with van der Waals surface area (Å²) in [6.45, 7) is 0. The van der Waals surface area contributed by atoms with Crippen molar-refractivity contribution in [1.82, 2.24) is 4.72 Å². The predicted molar refractivity (Wildman–Crippen MR) is 84.5 cm³/mol. The van der Waals surface area contributed by atoms with Crippen molar-refractivity contribution in [1.29, 1.82) is 0 Å². The maximum absolute atomic E-state index is 11.8. The minimum Gasteiger partial charge on any atom is -0.480 e. The summed E-state index contributed by atoms with van der Waals surface area (Å²) in [5, 5.41) is 0. The highest BCUT2D eigenvalue weighted by Crippen LogP contribution is 2.10. The molecule has 0 radical (unpaired) electrons. The van der Waals surface area contributed by atoms with Crippen molar-refractivity contribution in [2.75, 3.05) is 7.11 Å². The summed E-state index contributed by atoms with van der Waals surface area (Å²) in [4.78, 5) is 15.3. The number of ether oxygens (including phenoxy) is 1. The van der Waals surface area contributed by atoms with E-state index in [1.165, 1.54) is 19.2 Å². The number of carbonyl (C=O) groups excluding carboxylic acids is 1. The molecule has 0 aromatic heterocycles. The number of carbonyl (C=O) groups is 1. The van der Waals surface area contributed by atoms with Gasteiger partial charge in [-0.2, -0.15) is 18.1 Å². The second-order valence-corrected chi connectivity index (χ2v) is 5.52. The Balaban J connectivity index is 2.10. The molecular formula is C15H14N2O5S. The number of aliphatic imine (C=N–C) groups is 1. The first-order valence-electron chi connectivity index (χ1n) is 6.49. The number of rotatable bonds is 4. The third kappa shape index (κ3) is 5.11. The summed E-state index contributed by atoms with van der Waals surface area (Å²) in [5.41, 5.74) is 0.534. The molecule has 0 atom stereocenters. The van der Waals surface area contributed by atoms with Crippen molar-refractivity contribution < 1.29 is 22.1 Å². The van der Waals surface area contributed by atoms with Crippen LogP contribution in [0.1, 0.15) is 5.56 Å². The second kappa shape index (κ2) is 7.41. The maximum atomic E-state index is 11.8. The second-order valence-electron chi connectivity index (χ2n) is 4.24. The third-order valence-electron chi connectivity index (χ3n) is 2.58. The minimum absolute atomic E-state index is 0.0157. The highest BCUT2D eigenvalue weighted by atomic mass is 32.2. The topological polar surface area (TPSA) is 94.1 Å². The standard InChI is InChI=1S/C15H14N2O5S/c1-21-14(12-8-4-2-5-9-12)16-15(18)17-23(19,20)22-13-10-6-3-7-11-13/h2-11H,1H3,(H,17,18)/b16-14-. The monoisotopic (exact) mass is 334 g/mol. The maximum Gasteiger partial charge on any atom is 0.411 e. The molecule has 0 aliphatic heterocycles. The van der Waals surface area contributed by atoms with E-state index in [4.69, 9.17) is 8.92 Å². The van der Waals surface area contributed by atoms with Crippen LogP contribution in [-0.2, 0) is 15.0 Å². The van der Waals surface area contributed by atoms with E-state index in [1.54, 1.807) is 53.3 Å². The van der Waals surface area contributed by atoms with E-state index in [0.29, 0.717) is 5.56 Å². The average Bonchev–Trinajstić information content (AvgIpc) is 2.53. The van der Waals surface area contributed by atoms with E-state index in [-0.39, 0.29) is 11.6 Å². The van der Waals surface area contributed by atoms with Crippen LogP contribution < -0.4 is 8.91 Å². The van der Waals surface area contributed by atoms with Crippen LogP contribution in [0.2, 0.25) is 0 Å². The van der Waals surface area contributed by atoms with E-state index in [2.05, 4.69) is 4.99 Å². The quantitative estimate of drug-likeness (QED) is 0.683. The molecule has 2 aromatic carbocycles. The van der Waals surface area contributed by atoms with Crippen LogP contribution in [-0.4, -0.2) is 27.5 Å². The average molecular weight is 334 g/mol. The first-order chi connectivity index (χ1) is 11.0. The molecule has 8 heteroatoms. The fourth-order valence-electron chi connectivity index (χ4n) is 1.65. The highest BCUT2D eigenvalue weighted by molar-refractivity contribution is 7.85. The van der Waals surface area contributed by atoms with Crippen LogP contribution in [0.25, 0.3) is 0 Å². The van der Waals surface area contributed by atoms with Crippen LogP contribution in [0.3, 0.4) is 0 Å². The number of methoxy groups -OCH3 is 1. The minimum atomic E-state index is -4.33. The Kier molecular flexibility index (Phi) is 5.32. The van der Waals surface area contributed by atoms with Gasteiger partial charge in [-0.15, -0.1) is 0 Å². The van der Waals surface area contributed by atoms with Gasteiger partial charge in [-0.25, -0.2) is 4.79 Å². The summed E-state index contributed by atoms with van der Waals surface area (Å²) in [6.07, 6.45) is 0. The molecule has 0 aliphatic carbocycles. The van der Waals surface area contributed by atoms with Crippen molar-refractivity contribution in [2.24, 2.45) is 4.99 Å². The molecule has 0 fully saturated rings. The van der Waals surface area contributed by atoms with Gasteiger partial charge in [-0.05, 0) is 24.3 Å². The molecule has 2 amide bonds. The number of amides is 2. The predicted octanol–water partition coefficient (Wildman–Crippen LogP) is 2.11. The summed E-state index contributed by atoms with van der Waals surface area (Å²) in [7, 11) is -3.00. The molecule has 0 heterocycles. The van der Waals surface area contributed by atoms with Gasteiger partial charge in [0.05, 0.1) is 7.11 Å². The molecule has 7 nitrogen and oxygen atoms in total. The van der Waals surface area contributed by atoms with Crippen molar-refractivity contribution in [2.45, 2.75) is 0 Å². The summed E-state index contributed by atoms with van der Waals surface area (Å²) < 4.78 is 34.9. The smallest absolute Gasteiger partial charge is 0.411 e. The van der Waals surface area contributed by atoms with E-state index in [1.807, 2.05) is 0 Å². The van der Waals surface area contributed by atoms with Gasteiger partial charge in [-0.1, -0.05) is 36.4 Å². The fraction of sp³-hybridized carbons (Fsp3) is 0.0667. The van der Waals surface area contributed by atoms with Gasteiger partial charge in [0, 0.05) is 5.56 Å². The first-order valence-corrected chi connectivity index (χ1v) is 7.90. The van der Waals surface area contributed by atoms with Gasteiger partial charge in [-0.3, -0.25) is 0 Å². The molecule has 120 valence electrons. The molecule has 2 aromatic rings. The van der Waals surface area contributed by atoms with Gasteiger partial charge in [0.2, 0.25) is 5.90 Å². The Bertz CT molecular complexity index is 789. The summed E-state index contributed by atoms with van der Waals surface area (Å²) in [6, 6.07) is 15.3. The lowest BCUT2D eigenvalue weighted by molar-refractivity contribution is 0.252. The van der Waals surface area contributed by atoms with Crippen LogP contribution >= 0.6 is 0 Å². The van der Waals surface area contributed by atoms with Gasteiger partial charge in [0.1, 0.15) is 5.75 Å². The number of hydrogen-bond donors (Lipinski definition) is 1. The number of nitrogens with one attached hydrogen (secondary N) is 1. The molecular weight excluding hydrogens is 320 g/mol. The SMILES string of the molecule is CO/C(=N\C(=O)NS(=O)(=O)Oc1ccccc1)c1ccccc1. The third-order valence-corrected chi connectivity index (χ3v) is 3.42. The number of benzene rings is 2. The zero-order valence-corrected chi connectivity index (χ0v) is 13.0. The Labute approximate surface area is 133 Å². The number of urea groups is 1. The van der Waals surface area contributed by atoms with Gasteiger partial charge < -0.3 is 8.92 Å². The summed E-state index contributed by atoms with van der Waals surface area (Å²) in [5.74, 6) is 0.0600. The van der Waals surface area contributed by atoms with Crippen molar-refractivity contribution >= 4 is 22.2 Å². The van der Waals surface area contributed by atoms with Crippen LogP contribution in [0.15, 0.2) is 65.7 Å². The van der Waals surface area contributed by atoms with Crippen LogP contribution in [0.4, 0.5) is 4.79 Å². The van der Waals surface area contributed by atoms with Crippen molar-refractivity contribution in [3.05, 3.63) is 66.2 Å². The largest absolute Gasteiger partial charge is 0.480 e. The lowest BCUT2D eigenvalue weighted by Crippen LogP contribution is -2.32. The molecule has 0 spiro atoms.